The van der Waals surface area contributed by atoms with Gasteiger partial charge in [0.05, 0.1) is 28.9 Å². The number of imidazole rings is 1. The van der Waals surface area contributed by atoms with E-state index in [1.807, 2.05) is 61.1 Å². The summed E-state index contributed by atoms with van der Waals surface area (Å²) in [5, 5.41) is 3.34. The number of aromatic nitrogens is 4. The van der Waals surface area contributed by atoms with Crippen molar-refractivity contribution in [3.63, 3.8) is 0 Å². The molecule has 0 aliphatic rings. The molecule has 44 heavy (non-hydrogen) atoms. The van der Waals surface area contributed by atoms with Crippen molar-refractivity contribution < 1.29 is 13.9 Å². The Balaban J connectivity index is 1.54. The topological polar surface area (TPSA) is 88.1 Å². The Kier molecular flexibility index (Phi) is 8.10. The van der Waals surface area contributed by atoms with Gasteiger partial charge in [0.15, 0.2) is 5.82 Å². The number of halogens is 1. The lowest BCUT2D eigenvalue weighted by Gasteiger charge is -2.25. The molecule has 8 nitrogen and oxygen atoms in total. The number of rotatable bonds is 10. The van der Waals surface area contributed by atoms with Crippen molar-refractivity contribution in [3.8, 4) is 28.4 Å². The molecule has 0 unspecified atom stereocenters. The fourth-order valence-corrected chi connectivity index (χ4v) is 5.49. The third-order valence-corrected chi connectivity index (χ3v) is 7.55. The van der Waals surface area contributed by atoms with E-state index < -0.39 is 5.82 Å². The number of carbonyl (C=O) groups is 1. The molecule has 3 aromatic heterocycles. The smallest absolute Gasteiger partial charge is 0.253 e. The predicted molar refractivity (Wildman–Crippen MR) is 171 cm³/mol. The average Bonchev–Trinajstić information content (AvgIpc) is 3.67. The first kappa shape index (κ1) is 28.7. The standard InChI is InChI=1S/C35H33FN6O2/c1-4-44-30-18-25(33-38-15-16-41(33)3)17-28(36)31(30)29-19-26-27(35(43)37-2)20-39-34(32(26)40-29)42(21-23-11-7-5-8-12-23)22-24-13-9-6-10-14-24/h5-20,40H,4,21-22H2,1-3H3,(H,37,43). The molecule has 0 aliphatic heterocycles. The van der Waals surface area contributed by atoms with Crippen LogP contribution in [0.1, 0.15) is 28.4 Å². The van der Waals surface area contributed by atoms with Gasteiger partial charge in [0.2, 0.25) is 0 Å². The second-order valence-electron chi connectivity index (χ2n) is 10.5. The van der Waals surface area contributed by atoms with Gasteiger partial charge < -0.3 is 24.5 Å². The molecule has 0 spiro atoms. The molecule has 6 rings (SSSR count). The van der Waals surface area contributed by atoms with Crippen molar-refractivity contribution in [3.05, 3.63) is 120 Å². The fourth-order valence-electron chi connectivity index (χ4n) is 5.49. The predicted octanol–water partition coefficient (Wildman–Crippen LogP) is 6.73. The SMILES string of the molecule is CCOc1cc(-c2nccn2C)cc(F)c1-c1cc2c(C(=O)NC)cnc(N(Cc3ccccc3)Cc3ccccc3)c2[nH]1. The number of benzene rings is 3. The monoisotopic (exact) mass is 588 g/mol. The first-order valence-corrected chi connectivity index (χ1v) is 14.5. The molecule has 1 amide bonds. The number of nitrogens with one attached hydrogen (secondary N) is 2. The number of pyridine rings is 1. The van der Waals surface area contributed by atoms with Crippen molar-refractivity contribution in [1.29, 1.82) is 0 Å². The molecule has 0 radical (unpaired) electrons. The maximum atomic E-state index is 16.1. The van der Waals surface area contributed by atoms with E-state index in [2.05, 4.69) is 44.5 Å². The lowest BCUT2D eigenvalue weighted by Crippen LogP contribution is -2.24. The molecule has 0 saturated carbocycles. The van der Waals surface area contributed by atoms with Gasteiger partial charge in [-0.2, -0.15) is 0 Å². The third kappa shape index (κ3) is 5.64. The minimum absolute atomic E-state index is 0.271. The normalized spacial score (nSPS) is 11.1. The van der Waals surface area contributed by atoms with Crippen LogP contribution in [0.15, 0.2) is 97.5 Å². The minimum atomic E-state index is -0.470. The van der Waals surface area contributed by atoms with E-state index in [0.717, 1.165) is 11.1 Å². The maximum absolute atomic E-state index is 16.1. The summed E-state index contributed by atoms with van der Waals surface area (Å²) in [6.45, 7) is 3.34. The maximum Gasteiger partial charge on any atom is 0.253 e. The zero-order chi connectivity index (χ0) is 30.6. The van der Waals surface area contributed by atoms with Crippen LogP contribution in [0, 0.1) is 5.82 Å². The summed E-state index contributed by atoms with van der Waals surface area (Å²) in [4.78, 5) is 27.8. The molecule has 9 heteroatoms. The number of ether oxygens (including phenoxy) is 1. The molecular formula is C35H33FN6O2. The van der Waals surface area contributed by atoms with Crippen molar-refractivity contribution in [2.75, 3.05) is 18.6 Å². The van der Waals surface area contributed by atoms with Crippen LogP contribution in [-0.4, -0.2) is 39.1 Å². The average molecular weight is 589 g/mol. The van der Waals surface area contributed by atoms with Gasteiger partial charge in [0, 0.05) is 56.7 Å². The Hall–Kier alpha value is -5.44. The van der Waals surface area contributed by atoms with Crippen molar-refractivity contribution in [2.45, 2.75) is 20.0 Å². The van der Waals surface area contributed by atoms with Crippen LogP contribution in [0.25, 0.3) is 33.5 Å². The number of carbonyl (C=O) groups excluding carboxylic acids is 1. The summed E-state index contributed by atoms with van der Waals surface area (Å²) in [6.07, 6.45) is 5.07. The summed E-state index contributed by atoms with van der Waals surface area (Å²) >= 11 is 0. The van der Waals surface area contributed by atoms with Crippen molar-refractivity contribution in [1.82, 2.24) is 24.8 Å². The number of aryl methyl sites for hydroxylation is 1. The quantitative estimate of drug-likeness (QED) is 0.185. The summed E-state index contributed by atoms with van der Waals surface area (Å²) in [6, 6.07) is 25.3. The summed E-state index contributed by atoms with van der Waals surface area (Å²) in [7, 11) is 3.44. The van der Waals surface area contributed by atoms with E-state index in [1.54, 1.807) is 31.6 Å². The first-order valence-electron chi connectivity index (χ1n) is 14.5. The van der Waals surface area contributed by atoms with Gasteiger partial charge in [-0.25, -0.2) is 14.4 Å². The van der Waals surface area contributed by atoms with Gasteiger partial charge >= 0.3 is 0 Å². The Morgan fingerprint density at radius 1 is 1.00 bits per heavy atom. The molecule has 3 heterocycles. The number of amides is 1. The largest absolute Gasteiger partial charge is 0.493 e. The minimum Gasteiger partial charge on any atom is -0.493 e. The fraction of sp³-hybridized carbons (Fsp3) is 0.171. The molecule has 0 bridgehead atoms. The van der Waals surface area contributed by atoms with E-state index in [4.69, 9.17) is 9.72 Å². The highest BCUT2D eigenvalue weighted by atomic mass is 19.1. The molecule has 2 N–H and O–H groups in total. The number of hydrogen-bond acceptors (Lipinski definition) is 5. The summed E-state index contributed by atoms with van der Waals surface area (Å²) in [5.41, 5.74) is 4.58. The van der Waals surface area contributed by atoms with Crippen LogP contribution in [0.2, 0.25) is 0 Å². The highest BCUT2D eigenvalue weighted by Gasteiger charge is 2.24. The Morgan fingerprint density at radius 3 is 2.27 bits per heavy atom. The first-order chi connectivity index (χ1) is 21.5. The Bertz CT molecular complexity index is 1880. The van der Waals surface area contributed by atoms with Crippen LogP contribution in [0.3, 0.4) is 0 Å². The number of hydrogen-bond donors (Lipinski definition) is 2. The number of fused-ring (bicyclic) bond motifs is 1. The molecule has 0 saturated heterocycles. The number of H-pyrrole nitrogens is 1. The molecule has 222 valence electrons. The van der Waals surface area contributed by atoms with Gasteiger partial charge in [0.25, 0.3) is 5.91 Å². The van der Waals surface area contributed by atoms with E-state index in [0.29, 0.717) is 64.8 Å². The second-order valence-corrected chi connectivity index (χ2v) is 10.5. The Morgan fingerprint density at radius 2 is 1.68 bits per heavy atom. The number of anilines is 1. The molecular weight excluding hydrogens is 555 g/mol. The van der Waals surface area contributed by atoms with Crippen LogP contribution >= 0.6 is 0 Å². The van der Waals surface area contributed by atoms with Crippen molar-refractivity contribution >= 4 is 22.6 Å². The summed E-state index contributed by atoms with van der Waals surface area (Å²) in [5.74, 6) is 0.891. The molecule has 0 fully saturated rings. The number of aromatic amines is 1. The number of nitrogens with zero attached hydrogens (tertiary/aromatic N) is 4. The van der Waals surface area contributed by atoms with E-state index in [1.165, 1.54) is 6.07 Å². The van der Waals surface area contributed by atoms with Gasteiger partial charge in [-0.05, 0) is 36.2 Å². The van der Waals surface area contributed by atoms with Gasteiger partial charge in [0.1, 0.15) is 17.4 Å². The van der Waals surface area contributed by atoms with Crippen LogP contribution in [-0.2, 0) is 20.1 Å². The van der Waals surface area contributed by atoms with Gasteiger partial charge in [-0.1, -0.05) is 60.7 Å². The highest BCUT2D eigenvalue weighted by Crippen LogP contribution is 2.40. The lowest BCUT2D eigenvalue weighted by molar-refractivity contribution is 0.0964. The zero-order valence-corrected chi connectivity index (χ0v) is 24.8. The zero-order valence-electron chi connectivity index (χ0n) is 24.8. The highest BCUT2D eigenvalue weighted by molar-refractivity contribution is 6.10. The van der Waals surface area contributed by atoms with Gasteiger partial charge in [-0.15, -0.1) is 0 Å². The van der Waals surface area contributed by atoms with Gasteiger partial charge in [-0.3, -0.25) is 4.79 Å². The molecule has 3 aromatic carbocycles. The lowest BCUT2D eigenvalue weighted by atomic mass is 10.0. The van der Waals surface area contributed by atoms with Crippen LogP contribution in [0.4, 0.5) is 10.2 Å². The second kappa shape index (κ2) is 12.4. The van der Waals surface area contributed by atoms with E-state index in [9.17, 15) is 4.79 Å². The molecule has 0 atom stereocenters. The molecule has 0 aliphatic carbocycles. The van der Waals surface area contributed by atoms with Crippen LogP contribution in [0.5, 0.6) is 5.75 Å². The van der Waals surface area contributed by atoms with Crippen molar-refractivity contribution in [2.24, 2.45) is 7.05 Å². The third-order valence-electron chi connectivity index (χ3n) is 7.55. The van der Waals surface area contributed by atoms with E-state index in [-0.39, 0.29) is 11.5 Å². The Labute approximate surface area is 255 Å². The summed E-state index contributed by atoms with van der Waals surface area (Å²) < 4.78 is 23.9. The van der Waals surface area contributed by atoms with Crippen LogP contribution < -0.4 is 15.0 Å². The van der Waals surface area contributed by atoms with E-state index >= 15 is 4.39 Å². The molecule has 6 aromatic rings.